The number of nitrogens with zero attached hydrogens (tertiary/aromatic N) is 1. The number of anilines is 1. The van der Waals surface area contributed by atoms with Gasteiger partial charge >= 0.3 is 0 Å². The Morgan fingerprint density at radius 2 is 1.87 bits per heavy atom. The Labute approximate surface area is 132 Å². The van der Waals surface area contributed by atoms with Gasteiger partial charge in [0.15, 0.2) is 0 Å². The lowest BCUT2D eigenvalue weighted by atomic mass is 10.2. The summed E-state index contributed by atoms with van der Waals surface area (Å²) in [4.78, 5) is 11.6. The second kappa shape index (κ2) is 7.00. The van der Waals surface area contributed by atoms with Gasteiger partial charge in [0, 0.05) is 5.69 Å². The number of halogens is 1. The SMILES string of the molecule is N#Cc1cccc(NC(=O)CNS(=O)(=O)c2ccc(F)cc2)c1. The van der Waals surface area contributed by atoms with Crippen molar-refractivity contribution >= 4 is 21.6 Å². The summed E-state index contributed by atoms with van der Waals surface area (Å²) in [5.74, 6) is -1.15. The highest BCUT2D eigenvalue weighted by atomic mass is 32.2. The molecule has 2 aromatic rings. The molecule has 0 unspecified atom stereocenters. The third-order valence-electron chi connectivity index (χ3n) is 2.82. The van der Waals surface area contributed by atoms with Crippen LogP contribution < -0.4 is 10.0 Å². The number of nitriles is 1. The Hall–Kier alpha value is -2.76. The molecular weight excluding hydrogens is 321 g/mol. The fourth-order valence-electron chi connectivity index (χ4n) is 1.73. The van der Waals surface area contributed by atoms with E-state index in [9.17, 15) is 17.6 Å². The first-order chi connectivity index (χ1) is 10.9. The van der Waals surface area contributed by atoms with Crippen molar-refractivity contribution < 1.29 is 17.6 Å². The van der Waals surface area contributed by atoms with E-state index < -0.39 is 28.3 Å². The molecule has 0 saturated heterocycles. The van der Waals surface area contributed by atoms with E-state index >= 15 is 0 Å². The molecule has 6 nitrogen and oxygen atoms in total. The van der Waals surface area contributed by atoms with E-state index in [2.05, 4.69) is 10.0 Å². The van der Waals surface area contributed by atoms with Crippen molar-refractivity contribution in [2.45, 2.75) is 4.90 Å². The Kier molecular flexibility index (Phi) is 5.05. The molecule has 0 fully saturated rings. The van der Waals surface area contributed by atoms with Crippen LogP contribution in [-0.4, -0.2) is 20.9 Å². The van der Waals surface area contributed by atoms with E-state index in [1.807, 2.05) is 6.07 Å². The van der Waals surface area contributed by atoms with Gasteiger partial charge in [0.2, 0.25) is 15.9 Å². The molecule has 0 aromatic heterocycles. The summed E-state index contributed by atoms with van der Waals surface area (Å²) in [5, 5.41) is 11.2. The molecule has 2 rings (SSSR count). The quantitative estimate of drug-likeness (QED) is 0.868. The minimum atomic E-state index is -3.91. The summed E-state index contributed by atoms with van der Waals surface area (Å²) in [5.41, 5.74) is 0.754. The van der Waals surface area contributed by atoms with Crippen LogP contribution in [0.15, 0.2) is 53.4 Å². The van der Waals surface area contributed by atoms with Gasteiger partial charge in [0.1, 0.15) is 5.82 Å². The van der Waals surface area contributed by atoms with Crippen molar-refractivity contribution in [3.05, 3.63) is 59.9 Å². The van der Waals surface area contributed by atoms with Crippen LogP contribution in [0.2, 0.25) is 0 Å². The molecule has 23 heavy (non-hydrogen) atoms. The van der Waals surface area contributed by atoms with Crippen LogP contribution in [0.5, 0.6) is 0 Å². The summed E-state index contributed by atoms with van der Waals surface area (Å²) in [6, 6.07) is 12.4. The number of hydrogen-bond acceptors (Lipinski definition) is 4. The van der Waals surface area contributed by atoms with E-state index in [1.165, 1.54) is 6.07 Å². The number of carbonyl (C=O) groups excluding carboxylic acids is 1. The van der Waals surface area contributed by atoms with Crippen LogP contribution in [0.25, 0.3) is 0 Å². The maximum atomic E-state index is 12.8. The van der Waals surface area contributed by atoms with Gasteiger partial charge in [-0.25, -0.2) is 17.5 Å². The minimum Gasteiger partial charge on any atom is -0.325 e. The standard InChI is InChI=1S/C15H12FN3O3S/c16-12-4-6-14(7-5-12)23(21,22)18-10-15(20)19-13-3-1-2-11(8-13)9-17/h1-8,18H,10H2,(H,19,20). The average molecular weight is 333 g/mol. The molecule has 0 radical (unpaired) electrons. The third kappa shape index (κ3) is 4.60. The third-order valence-corrected chi connectivity index (χ3v) is 4.24. The minimum absolute atomic E-state index is 0.141. The number of rotatable bonds is 5. The van der Waals surface area contributed by atoms with Gasteiger partial charge < -0.3 is 5.32 Å². The molecule has 118 valence electrons. The van der Waals surface area contributed by atoms with E-state index in [0.717, 1.165) is 24.3 Å². The Balaban J connectivity index is 1.98. The molecule has 0 aliphatic heterocycles. The maximum absolute atomic E-state index is 12.8. The van der Waals surface area contributed by atoms with E-state index in [4.69, 9.17) is 5.26 Å². The lowest BCUT2D eigenvalue weighted by molar-refractivity contribution is -0.115. The molecule has 0 aliphatic rings. The van der Waals surface area contributed by atoms with Gasteiger partial charge in [0.05, 0.1) is 23.1 Å². The zero-order chi connectivity index (χ0) is 16.9. The van der Waals surface area contributed by atoms with Gasteiger partial charge in [-0.2, -0.15) is 5.26 Å². The van der Waals surface area contributed by atoms with Gasteiger partial charge in [-0.3, -0.25) is 4.79 Å². The Morgan fingerprint density at radius 1 is 1.17 bits per heavy atom. The van der Waals surface area contributed by atoms with Gasteiger partial charge in [-0.15, -0.1) is 0 Å². The smallest absolute Gasteiger partial charge is 0.241 e. The highest BCUT2D eigenvalue weighted by Crippen LogP contribution is 2.11. The molecule has 0 bridgehead atoms. The Morgan fingerprint density at radius 3 is 2.52 bits per heavy atom. The molecule has 2 N–H and O–H groups in total. The summed E-state index contributed by atoms with van der Waals surface area (Å²) >= 11 is 0. The first-order valence-corrected chi connectivity index (χ1v) is 7.94. The molecule has 2 aromatic carbocycles. The first-order valence-electron chi connectivity index (χ1n) is 6.46. The number of carbonyl (C=O) groups is 1. The van der Waals surface area contributed by atoms with Crippen LogP contribution in [0.4, 0.5) is 10.1 Å². The fraction of sp³-hybridized carbons (Fsp3) is 0.0667. The van der Waals surface area contributed by atoms with Gasteiger partial charge in [0.25, 0.3) is 0 Å². The summed E-state index contributed by atoms with van der Waals surface area (Å²) < 4.78 is 38.8. The highest BCUT2D eigenvalue weighted by molar-refractivity contribution is 7.89. The number of hydrogen-bond donors (Lipinski definition) is 2. The van der Waals surface area contributed by atoms with Crippen molar-refractivity contribution in [2.24, 2.45) is 0 Å². The van der Waals surface area contributed by atoms with E-state index in [0.29, 0.717) is 11.3 Å². The van der Waals surface area contributed by atoms with Crippen molar-refractivity contribution in [1.82, 2.24) is 4.72 Å². The summed E-state index contributed by atoms with van der Waals surface area (Å²) in [6.45, 7) is -0.490. The van der Waals surface area contributed by atoms with Crippen LogP contribution in [0, 0.1) is 17.1 Å². The van der Waals surface area contributed by atoms with Crippen molar-refractivity contribution in [1.29, 1.82) is 5.26 Å². The van der Waals surface area contributed by atoms with Crippen LogP contribution in [0.3, 0.4) is 0 Å². The highest BCUT2D eigenvalue weighted by Gasteiger charge is 2.15. The van der Waals surface area contributed by atoms with Crippen LogP contribution >= 0.6 is 0 Å². The van der Waals surface area contributed by atoms with Crippen molar-refractivity contribution in [2.75, 3.05) is 11.9 Å². The van der Waals surface area contributed by atoms with E-state index in [1.54, 1.807) is 18.2 Å². The maximum Gasteiger partial charge on any atom is 0.241 e. The van der Waals surface area contributed by atoms with Crippen molar-refractivity contribution in [3.8, 4) is 6.07 Å². The van der Waals surface area contributed by atoms with Crippen molar-refractivity contribution in [3.63, 3.8) is 0 Å². The normalized spacial score (nSPS) is 10.8. The number of sulfonamides is 1. The summed E-state index contributed by atoms with van der Waals surface area (Å²) in [6.07, 6.45) is 0. The Bertz CT molecular complexity index is 858. The molecule has 0 aliphatic carbocycles. The number of nitrogens with one attached hydrogen (secondary N) is 2. The number of amides is 1. The molecule has 1 amide bonds. The van der Waals surface area contributed by atoms with Gasteiger partial charge in [-0.05, 0) is 42.5 Å². The number of benzene rings is 2. The fourth-order valence-corrected chi connectivity index (χ4v) is 2.71. The molecule has 0 spiro atoms. The average Bonchev–Trinajstić information content (AvgIpc) is 2.54. The first kappa shape index (κ1) is 16.6. The predicted molar refractivity (Wildman–Crippen MR) is 81.4 cm³/mol. The van der Waals surface area contributed by atoms with E-state index in [-0.39, 0.29) is 4.90 Å². The van der Waals surface area contributed by atoms with Crippen LogP contribution in [0.1, 0.15) is 5.56 Å². The second-order valence-corrected chi connectivity index (χ2v) is 6.29. The zero-order valence-corrected chi connectivity index (χ0v) is 12.6. The second-order valence-electron chi connectivity index (χ2n) is 4.52. The molecular formula is C15H12FN3O3S. The largest absolute Gasteiger partial charge is 0.325 e. The summed E-state index contributed by atoms with van der Waals surface area (Å²) in [7, 11) is -3.91. The molecule has 0 atom stereocenters. The molecule has 8 heteroatoms. The van der Waals surface area contributed by atoms with Gasteiger partial charge in [-0.1, -0.05) is 6.07 Å². The predicted octanol–water partition coefficient (Wildman–Crippen LogP) is 1.61. The molecule has 0 heterocycles. The van der Waals surface area contributed by atoms with Crippen LogP contribution in [-0.2, 0) is 14.8 Å². The lowest BCUT2D eigenvalue weighted by Crippen LogP contribution is -2.32. The monoisotopic (exact) mass is 333 g/mol. The topological polar surface area (TPSA) is 99.1 Å². The zero-order valence-electron chi connectivity index (χ0n) is 11.8. The lowest BCUT2D eigenvalue weighted by Gasteiger charge is -2.08. The molecule has 0 saturated carbocycles.